The summed E-state index contributed by atoms with van der Waals surface area (Å²) in [6.45, 7) is 2.14. The third kappa shape index (κ3) is 3.49. The minimum absolute atomic E-state index is 0.0940. The highest BCUT2D eigenvalue weighted by Gasteiger charge is 2.56. The Morgan fingerprint density at radius 2 is 1.87 bits per heavy atom. The van der Waals surface area contributed by atoms with E-state index < -0.39 is 23.4 Å². The number of hydrogen-bond acceptors (Lipinski definition) is 3. The van der Waals surface area contributed by atoms with Crippen molar-refractivity contribution in [3.63, 3.8) is 0 Å². The first-order valence-electron chi connectivity index (χ1n) is 12.9. The molecule has 0 saturated heterocycles. The minimum atomic E-state index is -4.36. The second-order valence-electron chi connectivity index (χ2n) is 10.9. The molecule has 4 aromatic rings. The van der Waals surface area contributed by atoms with E-state index in [9.17, 15) is 17.6 Å². The molecule has 4 atom stereocenters. The molecule has 2 aromatic heterocycles. The molecule has 2 aromatic carbocycles. The van der Waals surface area contributed by atoms with E-state index in [-0.39, 0.29) is 24.0 Å². The van der Waals surface area contributed by atoms with Crippen molar-refractivity contribution in [3.8, 4) is 5.69 Å². The molecule has 0 aliphatic heterocycles. The summed E-state index contributed by atoms with van der Waals surface area (Å²) in [6.07, 6.45) is 3.25. The van der Waals surface area contributed by atoms with E-state index in [2.05, 4.69) is 23.1 Å². The van der Waals surface area contributed by atoms with Crippen molar-refractivity contribution in [2.45, 2.75) is 44.7 Å². The van der Waals surface area contributed by atoms with Crippen LogP contribution in [0, 0.1) is 23.1 Å². The van der Waals surface area contributed by atoms with Gasteiger partial charge >= 0.3 is 6.18 Å². The Bertz CT molecular complexity index is 1580. The third-order valence-electron chi connectivity index (χ3n) is 8.76. The Kier molecular flexibility index (Phi) is 5.03. The molecule has 0 radical (unpaired) electrons. The largest absolute Gasteiger partial charge is 0.440 e. The maximum atomic E-state index is 14.4. The van der Waals surface area contributed by atoms with E-state index in [1.165, 1.54) is 17.7 Å². The molecule has 0 amide bonds. The Hall–Kier alpha value is -3.68. The number of aromatic nitrogens is 3. The molecule has 194 valence electrons. The summed E-state index contributed by atoms with van der Waals surface area (Å²) < 4.78 is 64.4. The van der Waals surface area contributed by atoms with Crippen LogP contribution in [-0.2, 0) is 6.42 Å². The number of hydrogen-bond donors (Lipinski definition) is 0. The summed E-state index contributed by atoms with van der Waals surface area (Å²) in [5.41, 5.74) is 5.66. The zero-order valence-electron chi connectivity index (χ0n) is 20.7. The zero-order valence-corrected chi connectivity index (χ0v) is 20.7. The fourth-order valence-electron chi connectivity index (χ4n) is 6.94. The SMILES string of the molecule is C[C@]12Cc3cnn(-c4ccc(F)cc4)c3C=C1CCC1C2=CC[C@@H](C(F)(F)F)[C@@H]1c1nc2ccccc2o1. The van der Waals surface area contributed by atoms with E-state index in [0.29, 0.717) is 30.4 Å². The Balaban J connectivity index is 1.30. The summed E-state index contributed by atoms with van der Waals surface area (Å²) in [6, 6.07) is 13.3. The average molecular weight is 520 g/mol. The molecule has 2 heterocycles. The number of allylic oxidation sites excluding steroid dienone is 3. The predicted molar refractivity (Wildman–Crippen MR) is 135 cm³/mol. The standard InChI is InChI=1S/C30H25F4N3O/c1-29-15-17-16-35-37(20-9-7-19(31)8-10-20)25(17)14-18(29)6-11-21-22(29)12-13-23(30(32,33)34)27(21)28-36-24-4-2-3-5-26(24)38-28/h2-5,7-10,12,14,16,21,23,27H,6,11,13,15H2,1H3/t21?,23-,27-,29+/m1/s1. The van der Waals surface area contributed by atoms with Crippen LogP contribution in [0.4, 0.5) is 17.6 Å². The van der Waals surface area contributed by atoms with Gasteiger partial charge in [0.05, 0.1) is 29.4 Å². The van der Waals surface area contributed by atoms with Gasteiger partial charge in [0.15, 0.2) is 11.5 Å². The third-order valence-corrected chi connectivity index (χ3v) is 8.76. The monoisotopic (exact) mass is 519 g/mol. The van der Waals surface area contributed by atoms with Gasteiger partial charge in [-0.05, 0) is 79.6 Å². The lowest BCUT2D eigenvalue weighted by molar-refractivity contribution is -0.187. The van der Waals surface area contributed by atoms with Crippen LogP contribution in [0.15, 0.2) is 76.4 Å². The van der Waals surface area contributed by atoms with Gasteiger partial charge in [-0.1, -0.05) is 36.3 Å². The van der Waals surface area contributed by atoms with Crippen molar-refractivity contribution in [2.24, 2.45) is 17.3 Å². The predicted octanol–water partition coefficient (Wildman–Crippen LogP) is 7.80. The van der Waals surface area contributed by atoms with Crippen molar-refractivity contribution < 1.29 is 22.0 Å². The van der Waals surface area contributed by atoms with Gasteiger partial charge in [-0.15, -0.1) is 0 Å². The molecule has 0 N–H and O–H groups in total. The highest BCUT2D eigenvalue weighted by molar-refractivity contribution is 5.72. The molecule has 8 heteroatoms. The molecule has 38 heavy (non-hydrogen) atoms. The van der Waals surface area contributed by atoms with Gasteiger partial charge in [0, 0.05) is 5.41 Å². The molecule has 0 spiro atoms. The molecule has 1 fully saturated rings. The van der Waals surface area contributed by atoms with E-state index in [0.717, 1.165) is 22.5 Å². The number of oxazole rings is 1. The normalized spacial score (nSPS) is 26.8. The van der Waals surface area contributed by atoms with Gasteiger partial charge < -0.3 is 4.42 Å². The maximum absolute atomic E-state index is 14.4. The second kappa shape index (κ2) is 8.16. The minimum Gasteiger partial charge on any atom is -0.440 e. The number of para-hydroxylation sites is 2. The van der Waals surface area contributed by atoms with Gasteiger partial charge in [-0.25, -0.2) is 14.1 Å². The Morgan fingerprint density at radius 1 is 1.08 bits per heavy atom. The van der Waals surface area contributed by atoms with Gasteiger partial charge in [-0.2, -0.15) is 18.3 Å². The molecular formula is C30H25F4N3O. The van der Waals surface area contributed by atoms with Gasteiger partial charge in [0.1, 0.15) is 11.3 Å². The number of alkyl halides is 3. The molecule has 3 aliphatic carbocycles. The van der Waals surface area contributed by atoms with Crippen molar-refractivity contribution in [1.82, 2.24) is 14.8 Å². The van der Waals surface area contributed by atoms with Crippen molar-refractivity contribution in [1.29, 1.82) is 0 Å². The summed E-state index contributed by atoms with van der Waals surface area (Å²) in [7, 11) is 0. The summed E-state index contributed by atoms with van der Waals surface area (Å²) in [5, 5.41) is 4.58. The van der Waals surface area contributed by atoms with E-state index in [1.54, 1.807) is 30.3 Å². The maximum Gasteiger partial charge on any atom is 0.392 e. The highest BCUT2D eigenvalue weighted by atomic mass is 19.4. The number of nitrogens with zero attached hydrogens (tertiary/aromatic N) is 3. The first-order chi connectivity index (χ1) is 18.2. The number of fused-ring (bicyclic) bond motifs is 5. The van der Waals surface area contributed by atoms with Crippen molar-refractivity contribution in [3.05, 3.63) is 94.9 Å². The van der Waals surface area contributed by atoms with Gasteiger partial charge in [0.25, 0.3) is 0 Å². The van der Waals surface area contributed by atoms with E-state index in [1.807, 2.05) is 23.0 Å². The van der Waals surface area contributed by atoms with Crippen LogP contribution in [0.1, 0.15) is 49.3 Å². The molecule has 1 unspecified atom stereocenters. The summed E-state index contributed by atoms with van der Waals surface area (Å²) in [4.78, 5) is 4.55. The molecule has 4 nitrogen and oxygen atoms in total. The van der Waals surface area contributed by atoms with Crippen LogP contribution >= 0.6 is 0 Å². The molecule has 3 aliphatic rings. The lowest BCUT2D eigenvalue weighted by Gasteiger charge is -2.50. The van der Waals surface area contributed by atoms with Crippen molar-refractivity contribution in [2.75, 3.05) is 0 Å². The van der Waals surface area contributed by atoms with Gasteiger partial charge in [0.2, 0.25) is 0 Å². The summed E-state index contributed by atoms with van der Waals surface area (Å²) in [5.74, 6) is -2.86. The van der Waals surface area contributed by atoms with Crippen LogP contribution < -0.4 is 0 Å². The number of benzene rings is 2. The van der Waals surface area contributed by atoms with E-state index in [4.69, 9.17) is 4.42 Å². The molecule has 1 saturated carbocycles. The number of rotatable bonds is 2. The molecule has 7 rings (SSSR count). The van der Waals surface area contributed by atoms with E-state index >= 15 is 0 Å². The van der Waals surface area contributed by atoms with Crippen LogP contribution in [0.2, 0.25) is 0 Å². The topological polar surface area (TPSA) is 43.9 Å². The highest BCUT2D eigenvalue weighted by Crippen LogP contribution is 2.61. The fraction of sp³-hybridized carbons (Fsp3) is 0.333. The zero-order chi connectivity index (χ0) is 26.2. The Labute approximate surface area is 216 Å². The average Bonchev–Trinajstić information content (AvgIpc) is 3.50. The Morgan fingerprint density at radius 3 is 2.63 bits per heavy atom. The second-order valence-corrected chi connectivity index (χ2v) is 10.9. The molecule has 0 bridgehead atoms. The lowest BCUT2D eigenvalue weighted by atomic mass is 9.54. The first-order valence-corrected chi connectivity index (χ1v) is 12.9. The van der Waals surface area contributed by atoms with Crippen LogP contribution in [0.5, 0.6) is 0 Å². The first kappa shape index (κ1) is 23.4. The fourth-order valence-corrected chi connectivity index (χ4v) is 6.94. The number of halogens is 4. The van der Waals surface area contributed by atoms with Crippen LogP contribution in [0.3, 0.4) is 0 Å². The molecular weight excluding hydrogens is 494 g/mol. The van der Waals surface area contributed by atoms with Crippen LogP contribution in [-0.4, -0.2) is 20.9 Å². The lowest BCUT2D eigenvalue weighted by Crippen LogP contribution is -2.44. The van der Waals surface area contributed by atoms with Crippen molar-refractivity contribution >= 4 is 17.2 Å². The smallest absolute Gasteiger partial charge is 0.392 e. The van der Waals surface area contributed by atoms with Gasteiger partial charge in [-0.3, -0.25) is 0 Å². The summed E-state index contributed by atoms with van der Waals surface area (Å²) >= 11 is 0. The quantitative estimate of drug-likeness (QED) is 0.200. The van der Waals surface area contributed by atoms with Crippen LogP contribution in [0.25, 0.3) is 22.9 Å².